The largest absolute Gasteiger partial charge is 0.493 e. The van der Waals surface area contributed by atoms with Gasteiger partial charge in [0.05, 0.1) is 38.5 Å². The molecule has 0 spiro atoms. The third-order valence-electron chi connectivity index (χ3n) is 5.64. The highest BCUT2D eigenvalue weighted by molar-refractivity contribution is 7.89. The number of non-ortho nitro benzene ring substituents is 1. The molecule has 38 heavy (non-hydrogen) atoms. The molecule has 3 aromatic carbocycles. The van der Waals surface area contributed by atoms with Crippen LogP contribution >= 0.6 is 0 Å². The van der Waals surface area contributed by atoms with Crippen molar-refractivity contribution in [3.05, 3.63) is 94.7 Å². The molecule has 0 fully saturated rings. The van der Waals surface area contributed by atoms with Gasteiger partial charge in [0, 0.05) is 23.1 Å². The first-order valence-corrected chi connectivity index (χ1v) is 12.4. The smallest absolute Gasteiger partial charge is 0.299 e. The van der Waals surface area contributed by atoms with Crippen LogP contribution in [0.15, 0.2) is 94.1 Å². The molecule has 0 saturated carbocycles. The zero-order chi connectivity index (χ0) is 27.0. The van der Waals surface area contributed by atoms with Gasteiger partial charge in [0.1, 0.15) is 0 Å². The lowest BCUT2D eigenvalue weighted by atomic mass is 10.1. The maximum atomic E-state index is 13.2. The number of nitrogens with one attached hydrogen (secondary N) is 1. The van der Waals surface area contributed by atoms with Crippen LogP contribution in [0.1, 0.15) is 10.4 Å². The number of primary sulfonamides is 1. The predicted molar refractivity (Wildman–Crippen MR) is 136 cm³/mol. The van der Waals surface area contributed by atoms with Gasteiger partial charge in [0.25, 0.3) is 11.6 Å². The summed E-state index contributed by atoms with van der Waals surface area (Å²) in [6.45, 7) is 0. The average Bonchev–Trinajstić information content (AvgIpc) is 3.48. The third kappa shape index (κ3) is 4.52. The first-order chi connectivity index (χ1) is 18.1. The molecule has 14 heteroatoms. The summed E-state index contributed by atoms with van der Waals surface area (Å²) in [5.41, 5.74) is 1.51. The van der Waals surface area contributed by atoms with E-state index in [4.69, 9.17) is 5.14 Å². The Hall–Kier alpha value is -5.21. The number of fused-ring (bicyclic) bond motifs is 1. The Bertz CT molecular complexity index is 1840. The second-order valence-corrected chi connectivity index (χ2v) is 9.60. The quantitative estimate of drug-likeness (QED) is 0.165. The minimum atomic E-state index is -3.90. The van der Waals surface area contributed by atoms with E-state index in [0.717, 1.165) is 0 Å². The van der Waals surface area contributed by atoms with Crippen molar-refractivity contribution in [2.24, 2.45) is 15.4 Å². The summed E-state index contributed by atoms with van der Waals surface area (Å²) in [5.74, 6) is -1.21. The van der Waals surface area contributed by atoms with Gasteiger partial charge < -0.3 is 10.1 Å². The maximum absolute atomic E-state index is 13.2. The number of aromatic nitrogens is 3. The zero-order valence-electron chi connectivity index (χ0n) is 19.2. The van der Waals surface area contributed by atoms with E-state index in [0.29, 0.717) is 22.5 Å². The Labute approximate surface area is 214 Å². The number of hydrogen-bond donors (Lipinski definition) is 3. The number of amides is 1. The van der Waals surface area contributed by atoms with E-state index >= 15 is 0 Å². The summed E-state index contributed by atoms with van der Waals surface area (Å²) in [6.07, 6.45) is 1.29. The summed E-state index contributed by atoms with van der Waals surface area (Å²) in [5, 5.41) is 38.7. The van der Waals surface area contributed by atoms with Gasteiger partial charge in [-0.25, -0.2) is 18.2 Å². The molecule has 0 aliphatic rings. The number of nitro groups is 1. The highest BCUT2D eigenvalue weighted by Crippen LogP contribution is 2.37. The Morgan fingerprint density at radius 2 is 1.79 bits per heavy atom. The van der Waals surface area contributed by atoms with Crippen molar-refractivity contribution in [1.29, 1.82) is 0 Å². The van der Waals surface area contributed by atoms with E-state index < -0.39 is 26.7 Å². The van der Waals surface area contributed by atoms with Gasteiger partial charge in [0.15, 0.2) is 5.69 Å². The van der Waals surface area contributed by atoms with Crippen molar-refractivity contribution in [3.63, 3.8) is 0 Å². The van der Waals surface area contributed by atoms with Crippen molar-refractivity contribution < 1.29 is 23.2 Å². The van der Waals surface area contributed by atoms with Crippen molar-refractivity contribution in [3.8, 4) is 22.8 Å². The van der Waals surface area contributed by atoms with Crippen LogP contribution in [0.3, 0.4) is 0 Å². The maximum Gasteiger partial charge on any atom is 0.299 e. The molecular weight excluding hydrogens is 514 g/mol. The first-order valence-electron chi connectivity index (χ1n) is 10.9. The fraction of sp³-hybridized carbons (Fsp3) is 0. The second kappa shape index (κ2) is 9.34. The number of sulfonamides is 1. The molecule has 0 aliphatic carbocycles. The van der Waals surface area contributed by atoms with E-state index in [-0.39, 0.29) is 27.2 Å². The van der Waals surface area contributed by atoms with E-state index in [2.05, 4.69) is 20.3 Å². The fourth-order valence-electron chi connectivity index (χ4n) is 3.87. The predicted octanol–water partition coefficient (Wildman–Crippen LogP) is 4.21. The topological polar surface area (TPSA) is 199 Å². The molecule has 0 saturated heterocycles. The average molecular weight is 532 g/mol. The molecule has 5 aromatic rings. The molecule has 0 atom stereocenters. The minimum absolute atomic E-state index is 0.0702. The number of H-pyrrole nitrogens is 1. The second-order valence-electron chi connectivity index (χ2n) is 8.04. The molecule has 190 valence electrons. The van der Waals surface area contributed by atoms with Gasteiger partial charge in [0.2, 0.25) is 15.9 Å². The van der Waals surface area contributed by atoms with Crippen LogP contribution in [-0.2, 0) is 10.0 Å². The number of carbonyl (C=O) groups excluding carboxylic acids is 1. The number of nitrogens with two attached hydrogens (primary N) is 1. The number of aromatic amines is 1. The molecule has 2 heterocycles. The van der Waals surface area contributed by atoms with E-state index in [1.807, 2.05) is 0 Å². The lowest BCUT2D eigenvalue weighted by molar-refractivity contribution is -0.384. The lowest BCUT2D eigenvalue weighted by Gasteiger charge is -2.09. The monoisotopic (exact) mass is 531 g/mol. The number of nitro benzene ring substituents is 1. The molecule has 0 aliphatic heterocycles. The van der Waals surface area contributed by atoms with Crippen LogP contribution < -0.4 is 5.14 Å². The van der Waals surface area contributed by atoms with Crippen molar-refractivity contribution >= 4 is 38.2 Å². The Morgan fingerprint density at radius 1 is 1.08 bits per heavy atom. The van der Waals surface area contributed by atoms with Gasteiger partial charge in [-0.3, -0.25) is 14.9 Å². The Kier molecular flexibility index (Phi) is 6.02. The Morgan fingerprint density at radius 3 is 2.45 bits per heavy atom. The summed E-state index contributed by atoms with van der Waals surface area (Å²) in [7, 11) is -3.90. The molecule has 0 unspecified atom stereocenters. The van der Waals surface area contributed by atoms with Crippen LogP contribution in [0.2, 0.25) is 0 Å². The van der Waals surface area contributed by atoms with Crippen molar-refractivity contribution in [2.45, 2.75) is 4.90 Å². The van der Waals surface area contributed by atoms with Gasteiger partial charge >= 0.3 is 0 Å². The molecule has 5 rings (SSSR count). The summed E-state index contributed by atoms with van der Waals surface area (Å²) < 4.78 is 24.7. The number of hydrogen-bond acceptors (Lipinski definition) is 8. The number of nitrogens with zero attached hydrogens (tertiary/aromatic N) is 5. The van der Waals surface area contributed by atoms with Crippen LogP contribution in [0, 0.1) is 10.1 Å². The SMILES string of the molecule is NS(=O)(=O)c1ccc(-n2ncc(C(=O)N=Nc3c(O)[nH]c4ccc([N+](=O)[O-])cc34)c2-c2ccccc2)cc1. The third-order valence-corrected chi connectivity index (χ3v) is 6.57. The Balaban J connectivity index is 1.57. The summed E-state index contributed by atoms with van der Waals surface area (Å²) in [4.78, 5) is 26.3. The van der Waals surface area contributed by atoms with Crippen molar-refractivity contribution in [2.75, 3.05) is 0 Å². The fourth-order valence-corrected chi connectivity index (χ4v) is 4.38. The van der Waals surface area contributed by atoms with Gasteiger partial charge in [-0.2, -0.15) is 5.10 Å². The molecule has 4 N–H and O–H groups in total. The minimum Gasteiger partial charge on any atom is -0.493 e. The molecule has 2 aromatic heterocycles. The summed E-state index contributed by atoms with van der Waals surface area (Å²) in [6, 6.07) is 18.4. The van der Waals surface area contributed by atoms with Crippen LogP contribution in [0.4, 0.5) is 11.4 Å². The number of azo groups is 1. The number of benzene rings is 3. The number of rotatable bonds is 6. The van der Waals surface area contributed by atoms with Crippen LogP contribution in [-0.4, -0.2) is 39.1 Å². The highest BCUT2D eigenvalue weighted by atomic mass is 32.2. The van der Waals surface area contributed by atoms with E-state index in [9.17, 15) is 28.4 Å². The summed E-state index contributed by atoms with van der Waals surface area (Å²) >= 11 is 0. The zero-order valence-corrected chi connectivity index (χ0v) is 20.0. The van der Waals surface area contributed by atoms with Crippen LogP contribution in [0.25, 0.3) is 27.8 Å². The highest BCUT2D eigenvalue weighted by Gasteiger charge is 2.21. The lowest BCUT2D eigenvalue weighted by Crippen LogP contribution is -2.12. The number of aromatic hydroxyl groups is 1. The van der Waals surface area contributed by atoms with Gasteiger partial charge in [-0.15, -0.1) is 10.2 Å². The molecule has 13 nitrogen and oxygen atoms in total. The standard InChI is InChI=1S/C24H17N7O6S/c25-38(36,37)17-9-6-15(7-10-17)30-22(14-4-2-1-3-5-14)19(13-26-30)23(32)29-28-21-18-12-16(31(34)35)8-11-20(18)27-24(21)33/h1-13,27,33H,(H2,25,36,37). The molecule has 0 bridgehead atoms. The molecule has 1 amide bonds. The normalized spacial score (nSPS) is 11.8. The van der Waals surface area contributed by atoms with E-state index in [1.54, 1.807) is 30.3 Å². The van der Waals surface area contributed by atoms with E-state index in [1.165, 1.54) is 53.3 Å². The molecule has 0 radical (unpaired) electrons. The van der Waals surface area contributed by atoms with Gasteiger partial charge in [-0.1, -0.05) is 30.3 Å². The first kappa shape index (κ1) is 24.5. The van der Waals surface area contributed by atoms with Crippen molar-refractivity contribution in [1.82, 2.24) is 14.8 Å². The molecular formula is C24H17N7O6S. The van der Waals surface area contributed by atoms with Gasteiger partial charge in [-0.05, 0) is 30.3 Å². The van der Waals surface area contributed by atoms with Crippen LogP contribution in [0.5, 0.6) is 5.88 Å². The number of carbonyl (C=O) groups is 1.